The van der Waals surface area contributed by atoms with Gasteiger partial charge >= 0.3 is 0 Å². The second-order valence-corrected chi connectivity index (χ2v) is 18.3. The van der Waals surface area contributed by atoms with E-state index in [9.17, 15) is 24.8 Å². The molecule has 1 fully saturated rings. The first-order valence-electron chi connectivity index (χ1n) is 16.6. The van der Waals surface area contributed by atoms with Gasteiger partial charge in [0, 0.05) is 35.6 Å². The van der Waals surface area contributed by atoms with E-state index in [0.717, 1.165) is 21.9 Å². The quantitative estimate of drug-likeness (QED) is 0.123. The molecule has 12 heteroatoms. The third kappa shape index (κ3) is 5.22. The molecule has 0 radical (unpaired) electrons. The molecule has 0 aliphatic carbocycles. The summed E-state index contributed by atoms with van der Waals surface area (Å²) >= 11 is 0. The van der Waals surface area contributed by atoms with E-state index in [2.05, 4.69) is 30.3 Å². The molecule has 1 N–H and O–H groups in total. The van der Waals surface area contributed by atoms with Gasteiger partial charge in [0.15, 0.2) is 5.60 Å². The molecule has 0 unspecified atom stereocenters. The van der Waals surface area contributed by atoms with Crippen molar-refractivity contribution in [2.45, 2.75) is 50.2 Å². The normalized spacial score (nSPS) is 21.6. The fraction of sp³-hybridized carbons (Fsp3) is 0.289. The topological polar surface area (TPSA) is 137 Å². The molecule has 5 aromatic rings. The van der Waals surface area contributed by atoms with E-state index in [1.165, 1.54) is 16.8 Å². The second kappa shape index (κ2) is 12.6. The maximum absolute atomic E-state index is 14.9. The number of carbonyl (C=O) groups is 1. The largest absolute Gasteiger partial charge is 0.497 e. The van der Waals surface area contributed by atoms with Crippen LogP contribution < -0.4 is 20.4 Å². The minimum absolute atomic E-state index is 0.105. The second-order valence-electron chi connectivity index (χ2n) is 13.6. The van der Waals surface area contributed by atoms with Crippen molar-refractivity contribution in [2.75, 3.05) is 18.6 Å². The van der Waals surface area contributed by atoms with Crippen LogP contribution in [0.3, 0.4) is 0 Å². The molecule has 2 aliphatic heterocycles. The summed E-state index contributed by atoms with van der Waals surface area (Å²) in [6.07, 6.45) is 1.52. The minimum Gasteiger partial charge on any atom is -0.497 e. The standard InChI is InChI=1S/C38H38N4O7Si/c1-24-35(50(3,4)30-16-14-29(48-2)15-17-30)34(19-20-43)49-38(24)32-21-28(42(46)47)13-18-33(32)40(37(38)45)23-25-9-11-27(12-10-25)41-36(44)31-8-6-5-7-26(31)22-39-41/h5-18,21-22,24,34-35,43H,19-20,23H2,1-4H3/t24-,34+,35-,38+/m0/s1. The molecule has 4 atom stereocenters. The van der Waals surface area contributed by atoms with Crippen molar-refractivity contribution in [3.8, 4) is 11.4 Å². The Hall–Kier alpha value is -5.17. The number of anilines is 1. The highest BCUT2D eigenvalue weighted by Crippen LogP contribution is 2.60. The molecule has 1 saturated heterocycles. The van der Waals surface area contributed by atoms with Crippen LogP contribution >= 0.6 is 0 Å². The van der Waals surface area contributed by atoms with Crippen LogP contribution in [0.2, 0.25) is 18.6 Å². The van der Waals surface area contributed by atoms with Gasteiger partial charge < -0.3 is 19.5 Å². The van der Waals surface area contributed by atoms with Gasteiger partial charge in [0.25, 0.3) is 17.2 Å². The third-order valence-corrected chi connectivity index (χ3v) is 15.0. The number of non-ortho nitro benzene ring substituents is 1. The maximum atomic E-state index is 14.9. The fourth-order valence-corrected chi connectivity index (χ4v) is 12.2. The molecule has 11 nitrogen and oxygen atoms in total. The lowest BCUT2D eigenvalue weighted by molar-refractivity contribution is -0.385. The average Bonchev–Trinajstić information content (AvgIpc) is 3.55. The maximum Gasteiger partial charge on any atom is 0.279 e. The molecule has 50 heavy (non-hydrogen) atoms. The van der Waals surface area contributed by atoms with Crippen LogP contribution in [0.5, 0.6) is 5.75 Å². The number of hydrogen-bond donors (Lipinski definition) is 1. The molecule has 1 aromatic heterocycles. The number of nitro groups is 1. The number of carbonyl (C=O) groups excluding carboxylic acids is 1. The number of aromatic nitrogens is 2. The van der Waals surface area contributed by atoms with Crippen molar-refractivity contribution in [2.24, 2.45) is 5.92 Å². The fourth-order valence-electron chi connectivity index (χ4n) is 8.17. The molecule has 0 saturated carbocycles. The molecule has 0 bridgehead atoms. The summed E-state index contributed by atoms with van der Waals surface area (Å²) in [5.41, 5.74) is 0.450. The lowest BCUT2D eigenvalue weighted by Crippen LogP contribution is -2.51. The van der Waals surface area contributed by atoms with Gasteiger partial charge in [-0.15, -0.1) is 0 Å². The first kappa shape index (κ1) is 33.3. The lowest BCUT2D eigenvalue weighted by atomic mass is 9.82. The zero-order valence-electron chi connectivity index (χ0n) is 28.3. The Bertz CT molecular complexity index is 2170. The van der Waals surface area contributed by atoms with Crippen LogP contribution in [-0.4, -0.2) is 53.6 Å². The number of fused-ring (bicyclic) bond motifs is 3. The van der Waals surface area contributed by atoms with E-state index in [1.54, 1.807) is 42.5 Å². The van der Waals surface area contributed by atoms with Gasteiger partial charge in [-0.2, -0.15) is 9.78 Å². The highest BCUT2D eigenvalue weighted by molar-refractivity contribution is 6.91. The van der Waals surface area contributed by atoms with Crippen molar-refractivity contribution < 1.29 is 24.3 Å². The first-order chi connectivity index (χ1) is 24.0. The number of nitro benzene ring substituents is 1. The summed E-state index contributed by atoms with van der Waals surface area (Å²) in [5, 5.41) is 29.0. The Balaban J connectivity index is 1.27. The van der Waals surface area contributed by atoms with E-state index in [1.807, 2.05) is 49.4 Å². The van der Waals surface area contributed by atoms with Crippen molar-refractivity contribution in [1.82, 2.24) is 9.78 Å². The summed E-state index contributed by atoms with van der Waals surface area (Å²) in [4.78, 5) is 41.3. The van der Waals surface area contributed by atoms with Crippen molar-refractivity contribution in [3.63, 3.8) is 0 Å². The van der Waals surface area contributed by atoms with E-state index in [0.29, 0.717) is 28.7 Å². The molecule has 2 aliphatic rings. The number of aliphatic hydroxyl groups is 1. The van der Waals surface area contributed by atoms with E-state index in [4.69, 9.17) is 9.47 Å². The van der Waals surface area contributed by atoms with Crippen LogP contribution in [0.1, 0.15) is 24.5 Å². The molecule has 4 aromatic carbocycles. The van der Waals surface area contributed by atoms with Gasteiger partial charge in [0.2, 0.25) is 0 Å². The Labute approximate surface area is 289 Å². The highest BCUT2D eigenvalue weighted by atomic mass is 28.3. The summed E-state index contributed by atoms with van der Waals surface area (Å²) < 4.78 is 13.6. The molecule has 3 heterocycles. The number of aliphatic hydroxyl groups excluding tert-OH is 1. The summed E-state index contributed by atoms with van der Waals surface area (Å²) in [5.74, 6) is 0.0883. The monoisotopic (exact) mass is 690 g/mol. The average molecular weight is 691 g/mol. The molecular formula is C38H38N4O7Si. The number of nitrogens with zero attached hydrogens (tertiary/aromatic N) is 4. The predicted octanol–water partition coefficient (Wildman–Crippen LogP) is 5.45. The molecular weight excluding hydrogens is 653 g/mol. The van der Waals surface area contributed by atoms with Crippen LogP contribution in [-0.2, 0) is 21.7 Å². The first-order valence-corrected chi connectivity index (χ1v) is 19.7. The van der Waals surface area contributed by atoms with Gasteiger partial charge in [-0.3, -0.25) is 19.7 Å². The van der Waals surface area contributed by atoms with Gasteiger partial charge in [-0.25, -0.2) is 0 Å². The third-order valence-electron chi connectivity index (χ3n) is 10.7. The smallest absolute Gasteiger partial charge is 0.279 e. The van der Waals surface area contributed by atoms with E-state index in [-0.39, 0.29) is 41.8 Å². The Morgan fingerprint density at radius 2 is 1.74 bits per heavy atom. The van der Waals surface area contributed by atoms with Crippen LogP contribution in [0.15, 0.2) is 102 Å². The van der Waals surface area contributed by atoms with Crippen molar-refractivity contribution >= 4 is 41.3 Å². The summed E-state index contributed by atoms with van der Waals surface area (Å²) in [6, 6.07) is 27.1. The predicted molar refractivity (Wildman–Crippen MR) is 193 cm³/mol. The molecule has 7 rings (SSSR count). The Kier molecular flexibility index (Phi) is 8.41. The number of amides is 1. The lowest BCUT2D eigenvalue weighted by Gasteiger charge is -2.37. The van der Waals surface area contributed by atoms with Crippen LogP contribution in [0.25, 0.3) is 16.5 Å². The zero-order chi connectivity index (χ0) is 35.4. The summed E-state index contributed by atoms with van der Waals surface area (Å²) in [6.45, 7) is 6.54. The van der Waals surface area contributed by atoms with E-state index >= 15 is 0 Å². The number of benzene rings is 4. The van der Waals surface area contributed by atoms with Gasteiger partial charge in [-0.05, 0) is 53.9 Å². The Morgan fingerprint density at radius 3 is 2.42 bits per heavy atom. The summed E-state index contributed by atoms with van der Waals surface area (Å²) in [7, 11) is -0.790. The number of hydrogen-bond acceptors (Lipinski definition) is 8. The van der Waals surface area contributed by atoms with Gasteiger partial charge in [-0.1, -0.05) is 67.7 Å². The van der Waals surface area contributed by atoms with Crippen molar-refractivity contribution in [3.05, 3.63) is 129 Å². The molecule has 1 amide bonds. The molecule has 1 spiro atoms. The van der Waals surface area contributed by atoms with Crippen molar-refractivity contribution in [1.29, 1.82) is 0 Å². The van der Waals surface area contributed by atoms with Crippen LogP contribution in [0, 0.1) is 16.0 Å². The zero-order valence-corrected chi connectivity index (χ0v) is 29.3. The highest BCUT2D eigenvalue weighted by Gasteiger charge is 2.66. The number of ether oxygens (including phenoxy) is 2. The Morgan fingerprint density at radius 1 is 1.02 bits per heavy atom. The van der Waals surface area contributed by atoms with E-state index < -0.39 is 24.7 Å². The van der Waals surface area contributed by atoms with Crippen LogP contribution in [0.4, 0.5) is 11.4 Å². The SMILES string of the molecule is COc1ccc([Si](C)(C)[C@@H]2[C@@H](CCO)O[C@]3(C(=O)N(Cc4ccc(-n5ncc6ccccc6c5=O)cc4)c4ccc([N+](=O)[O-])cc43)[C@H]2C)cc1. The number of rotatable bonds is 9. The minimum atomic E-state index is -2.41. The van der Waals surface area contributed by atoms with Gasteiger partial charge in [0.1, 0.15) is 5.75 Å². The molecule has 256 valence electrons. The number of methoxy groups -OCH3 is 1. The van der Waals surface area contributed by atoms with Gasteiger partial charge in [0.05, 0.1) is 55.7 Å².